The topological polar surface area (TPSA) is 52.6 Å². The third kappa shape index (κ3) is 4.29. The van der Waals surface area contributed by atoms with Crippen LogP contribution in [0.1, 0.15) is 43.4 Å². The van der Waals surface area contributed by atoms with Crippen molar-refractivity contribution in [3.63, 3.8) is 0 Å². The van der Waals surface area contributed by atoms with Crippen molar-refractivity contribution in [1.29, 1.82) is 0 Å². The third-order valence-corrected chi connectivity index (χ3v) is 4.16. The first-order chi connectivity index (χ1) is 10.1. The first kappa shape index (κ1) is 16.0. The number of nitrogens with one attached hydrogen (secondary N) is 1. The summed E-state index contributed by atoms with van der Waals surface area (Å²) in [6, 6.07) is 7.75. The number of aryl methyl sites for hydroxylation is 1. The Balaban J connectivity index is 1.97. The maximum absolute atomic E-state index is 12.5. The Labute approximate surface area is 127 Å². The molecule has 1 aliphatic heterocycles. The van der Waals surface area contributed by atoms with Gasteiger partial charge in [0.1, 0.15) is 0 Å². The summed E-state index contributed by atoms with van der Waals surface area (Å²) >= 11 is 0. The highest BCUT2D eigenvalue weighted by Gasteiger charge is 2.26. The Kier molecular flexibility index (Phi) is 5.76. The molecule has 4 nitrogen and oxygen atoms in total. The average molecular weight is 290 g/mol. The minimum atomic E-state index is -0.627. The van der Waals surface area contributed by atoms with Crippen LogP contribution in [0.5, 0.6) is 0 Å². The SMILES string of the molecule is CCN(CC(O)c1ccc(C)cc1)C(=O)C1CCCCN1. The molecule has 1 saturated heterocycles. The number of amides is 1. The molecular formula is C17H26N2O2. The van der Waals surface area contributed by atoms with Gasteiger partial charge in [0.05, 0.1) is 18.7 Å². The van der Waals surface area contributed by atoms with Crippen molar-refractivity contribution >= 4 is 5.91 Å². The van der Waals surface area contributed by atoms with Gasteiger partial charge in [-0.2, -0.15) is 0 Å². The summed E-state index contributed by atoms with van der Waals surface area (Å²) in [5.41, 5.74) is 2.03. The molecule has 4 heteroatoms. The van der Waals surface area contributed by atoms with E-state index in [0.29, 0.717) is 13.1 Å². The number of carbonyl (C=O) groups is 1. The molecule has 1 aliphatic rings. The number of likely N-dealkylation sites (N-methyl/N-ethyl adjacent to an activating group) is 1. The number of aliphatic hydroxyl groups excluding tert-OH is 1. The second kappa shape index (κ2) is 7.57. The lowest BCUT2D eigenvalue weighted by molar-refractivity contribution is -0.135. The van der Waals surface area contributed by atoms with E-state index < -0.39 is 6.10 Å². The molecule has 1 aromatic carbocycles. The standard InChI is InChI=1S/C17H26N2O2/c1-3-19(17(21)15-6-4-5-11-18-15)12-16(20)14-9-7-13(2)8-10-14/h7-10,15-16,18,20H,3-6,11-12H2,1-2H3. The van der Waals surface area contributed by atoms with E-state index in [1.807, 2.05) is 38.1 Å². The molecular weight excluding hydrogens is 264 g/mol. The van der Waals surface area contributed by atoms with Crippen LogP contribution in [0.3, 0.4) is 0 Å². The van der Waals surface area contributed by atoms with Gasteiger partial charge in [-0.15, -0.1) is 0 Å². The molecule has 0 bridgehead atoms. The fourth-order valence-corrected chi connectivity index (χ4v) is 2.76. The zero-order chi connectivity index (χ0) is 15.2. The van der Waals surface area contributed by atoms with Crippen LogP contribution >= 0.6 is 0 Å². The average Bonchev–Trinajstić information content (AvgIpc) is 2.53. The normalized spacial score (nSPS) is 20.0. The Bertz CT molecular complexity index is 452. The number of hydrogen-bond acceptors (Lipinski definition) is 3. The molecule has 1 fully saturated rings. The number of hydrogen-bond donors (Lipinski definition) is 2. The molecule has 0 saturated carbocycles. The summed E-state index contributed by atoms with van der Waals surface area (Å²) in [5, 5.41) is 13.6. The monoisotopic (exact) mass is 290 g/mol. The van der Waals surface area contributed by atoms with E-state index in [1.165, 1.54) is 5.56 Å². The van der Waals surface area contributed by atoms with Crippen LogP contribution in [0, 0.1) is 6.92 Å². The number of aliphatic hydroxyl groups is 1. The first-order valence-corrected chi connectivity index (χ1v) is 7.88. The van der Waals surface area contributed by atoms with Gasteiger partial charge in [-0.1, -0.05) is 36.2 Å². The number of carbonyl (C=O) groups excluding carboxylic acids is 1. The van der Waals surface area contributed by atoms with Gasteiger partial charge in [0.15, 0.2) is 0 Å². The molecule has 2 atom stereocenters. The van der Waals surface area contributed by atoms with Crippen molar-refractivity contribution in [2.24, 2.45) is 0 Å². The molecule has 2 rings (SSSR count). The minimum absolute atomic E-state index is 0.0797. The third-order valence-electron chi connectivity index (χ3n) is 4.16. The van der Waals surface area contributed by atoms with E-state index in [9.17, 15) is 9.90 Å². The van der Waals surface area contributed by atoms with Crippen LogP contribution in [0.25, 0.3) is 0 Å². The van der Waals surface area contributed by atoms with Gasteiger partial charge in [-0.25, -0.2) is 0 Å². The molecule has 2 N–H and O–H groups in total. The Hall–Kier alpha value is -1.39. The molecule has 1 heterocycles. The number of nitrogens with zero attached hydrogens (tertiary/aromatic N) is 1. The second-order valence-electron chi connectivity index (χ2n) is 5.81. The first-order valence-electron chi connectivity index (χ1n) is 7.88. The van der Waals surface area contributed by atoms with E-state index in [-0.39, 0.29) is 11.9 Å². The van der Waals surface area contributed by atoms with Gasteiger partial charge in [-0.3, -0.25) is 4.79 Å². The summed E-state index contributed by atoms with van der Waals surface area (Å²) in [6.45, 7) is 5.88. The maximum Gasteiger partial charge on any atom is 0.239 e. The lowest BCUT2D eigenvalue weighted by atomic mass is 10.0. The number of rotatable bonds is 5. The van der Waals surface area contributed by atoms with E-state index in [4.69, 9.17) is 0 Å². The van der Waals surface area contributed by atoms with Crippen LogP contribution in [-0.2, 0) is 4.79 Å². The van der Waals surface area contributed by atoms with E-state index in [2.05, 4.69) is 5.32 Å². The van der Waals surface area contributed by atoms with E-state index in [1.54, 1.807) is 4.90 Å². The lowest BCUT2D eigenvalue weighted by Gasteiger charge is -2.30. The molecule has 0 radical (unpaired) electrons. The molecule has 0 spiro atoms. The molecule has 0 aliphatic carbocycles. The van der Waals surface area contributed by atoms with Crippen molar-refractivity contribution < 1.29 is 9.90 Å². The largest absolute Gasteiger partial charge is 0.387 e. The fourth-order valence-electron chi connectivity index (χ4n) is 2.76. The molecule has 1 aromatic rings. The Morgan fingerprint density at radius 3 is 2.67 bits per heavy atom. The van der Waals surface area contributed by atoms with Crippen molar-refractivity contribution in [3.05, 3.63) is 35.4 Å². The molecule has 0 aromatic heterocycles. The number of benzene rings is 1. The highest BCUT2D eigenvalue weighted by molar-refractivity contribution is 5.82. The minimum Gasteiger partial charge on any atom is -0.387 e. The van der Waals surface area contributed by atoms with E-state index in [0.717, 1.165) is 31.4 Å². The zero-order valence-electron chi connectivity index (χ0n) is 13.0. The molecule has 116 valence electrons. The highest BCUT2D eigenvalue weighted by atomic mass is 16.3. The predicted molar refractivity (Wildman–Crippen MR) is 84.0 cm³/mol. The van der Waals surface area contributed by atoms with Crippen LogP contribution in [0.15, 0.2) is 24.3 Å². The molecule has 1 amide bonds. The van der Waals surface area contributed by atoms with Gasteiger partial charge >= 0.3 is 0 Å². The Morgan fingerprint density at radius 1 is 1.38 bits per heavy atom. The van der Waals surface area contributed by atoms with Gasteiger partial charge in [0.25, 0.3) is 0 Å². The van der Waals surface area contributed by atoms with Crippen LogP contribution in [-0.4, -0.2) is 41.6 Å². The van der Waals surface area contributed by atoms with Gasteiger partial charge in [0, 0.05) is 6.54 Å². The van der Waals surface area contributed by atoms with Crippen LogP contribution in [0.2, 0.25) is 0 Å². The number of piperidine rings is 1. The van der Waals surface area contributed by atoms with Crippen molar-refractivity contribution in [1.82, 2.24) is 10.2 Å². The summed E-state index contributed by atoms with van der Waals surface area (Å²) in [5.74, 6) is 0.114. The van der Waals surface area contributed by atoms with Crippen molar-refractivity contribution in [2.75, 3.05) is 19.6 Å². The maximum atomic E-state index is 12.5. The van der Waals surface area contributed by atoms with Gasteiger partial charge in [-0.05, 0) is 38.8 Å². The Morgan fingerprint density at radius 2 is 2.10 bits per heavy atom. The van der Waals surface area contributed by atoms with Crippen molar-refractivity contribution in [2.45, 2.75) is 45.3 Å². The zero-order valence-corrected chi connectivity index (χ0v) is 13.0. The van der Waals surface area contributed by atoms with Crippen molar-refractivity contribution in [3.8, 4) is 0 Å². The lowest BCUT2D eigenvalue weighted by Crippen LogP contribution is -2.49. The molecule has 2 unspecified atom stereocenters. The highest BCUT2D eigenvalue weighted by Crippen LogP contribution is 2.17. The van der Waals surface area contributed by atoms with Gasteiger partial charge in [0.2, 0.25) is 5.91 Å². The van der Waals surface area contributed by atoms with E-state index >= 15 is 0 Å². The quantitative estimate of drug-likeness (QED) is 0.872. The summed E-state index contributed by atoms with van der Waals surface area (Å²) in [7, 11) is 0. The van der Waals surface area contributed by atoms with Crippen LogP contribution < -0.4 is 5.32 Å². The van der Waals surface area contributed by atoms with Crippen LogP contribution in [0.4, 0.5) is 0 Å². The summed E-state index contributed by atoms with van der Waals surface area (Å²) in [4.78, 5) is 14.3. The van der Waals surface area contributed by atoms with Gasteiger partial charge < -0.3 is 15.3 Å². The molecule has 21 heavy (non-hydrogen) atoms. The fraction of sp³-hybridized carbons (Fsp3) is 0.588. The summed E-state index contributed by atoms with van der Waals surface area (Å²) < 4.78 is 0. The predicted octanol–water partition coefficient (Wildman–Crippen LogP) is 2.02. The summed E-state index contributed by atoms with van der Waals surface area (Å²) in [6.07, 6.45) is 2.51. The second-order valence-corrected chi connectivity index (χ2v) is 5.81. The smallest absolute Gasteiger partial charge is 0.239 e.